The third-order valence-electron chi connectivity index (χ3n) is 3.32. The molecular weight excluding hydrogens is 228 g/mol. The lowest BCUT2D eigenvalue weighted by atomic mass is 9.90. The molecule has 0 unspecified atom stereocenters. The highest BCUT2D eigenvalue weighted by molar-refractivity contribution is 5.86. The Morgan fingerprint density at radius 2 is 2.06 bits per heavy atom. The average Bonchev–Trinajstić information content (AvgIpc) is 2.29. The lowest BCUT2D eigenvalue weighted by Crippen LogP contribution is -2.58. The van der Waals surface area contributed by atoms with Gasteiger partial charge in [-0.2, -0.15) is 0 Å². The van der Waals surface area contributed by atoms with E-state index in [9.17, 15) is 4.79 Å². The molecule has 1 saturated heterocycles. The number of amides is 1. The maximum atomic E-state index is 12.2. The van der Waals surface area contributed by atoms with Crippen LogP contribution in [0.25, 0.3) is 0 Å². The van der Waals surface area contributed by atoms with Crippen molar-refractivity contribution >= 4 is 5.91 Å². The molecule has 106 valence electrons. The number of carbonyl (C=O) groups excluding carboxylic acids is 1. The Morgan fingerprint density at radius 3 is 2.61 bits per heavy atom. The third-order valence-corrected chi connectivity index (χ3v) is 3.32. The molecule has 1 rings (SSSR count). The summed E-state index contributed by atoms with van der Waals surface area (Å²) < 4.78 is 5.54. The van der Waals surface area contributed by atoms with Crippen LogP contribution in [0.1, 0.15) is 47.0 Å². The van der Waals surface area contributed by atoms with Crippen molar-refractivity contribution in [3.63, 3.8) is 0 Å². The molecule has 0 aromatic carbocycles. The van der Waals surface area contributed by atoms with Crippen molar-refractivity contribution in [1.29, 1.82) is 0 Å². The van der Waals surface area contributed by atoms with E-state index in [2.05, 4.69) is 24.5 Å². The van der Waals surface area contributed by atoms with Crippen molar-refractivity contribution in [1.82, 2.24) is 10.6 Å². The van der Waals surface area contributed by atoms with Crippen LogP contribution in [0.4, 0.5) is 0 Å². The summed E-state index contributed by atoms with van der Waals surface area (Å²) in [6, 6.07) is 0.0665. The van der Waals surface area contributed by atoms with Gasteiger partial charge in [-0.15, -0.1) is 0 Å². The van der Waals surface area contributed by atoms with Gasteiger partial charge < -0.3 is 15.4 Å². The van der Waals surface area contributed by atoms with Crippen LogP contribution in [0.2, 0.25) is 0 Å². The molecule has 0 aromatic heterocycles. The second kappa shape index (κ2) is 7.10. The standard InChI is InChI=1S/C14H28N2O2/c1-11(2)9-18-10-12(3)16-13(17)14(4)7-5-6-8-15-14/h11-12,15H,5-10H2,1-4H3,(H,16,17)/t12-,14-/m0/s1. The van der Waals surface area contributed by atoms with Crippen molar-refractivity contribution in [3.8, 4) is 0 Å². The Balaban J connectivity index is 2.29. The summed E-state index contributed by atoms with van der Waals surface area (Å²) in [5, 5.41) is 6.36. The molecule has 0 spiro atoms. The van der Waals surface area contributed by atoms with Crippen LogP contribution in [-0.2, 0) is 9.53 Å². The van der Waals surface area contributed by atoms with E-state index in [1.807, 2.05) is 13.8 Å². The quantitative estimate of drug-likeness (QED) is 0.760. The summed E-state index contributed by atoms with van der Waals surface area (Å²) in [4.78, 5) is 12.2. The molecule has 1 fully saturated rings. The van der Waals surface area contributed by atoms with Gasteiger partial charge in [0, 0.05) is 12.6 Å². The minimum absolute atomic E-state index is 0.0665. The van der Waals surface area contributed by atoms with Crippen molar-refractivity contribution < 1.29 is 9.53 Å². The fourth-order valence-electron chi connectivity index (χ4n) is 2.16. The van der Waals surface area contributed by atoms with Gasteiger partial charge in [-0.05, 0) is 45.6 Å². The Hall–Kier alpha value is -0.610. The Kier molecular flexibility index (Phi) is 6.09. The fourth-order valence-corrected chi connectivity index (χ4v) is 2.16. The Bertz CT molecular complexity index is 261. The Labute approximate surface area is 111 Å². The number of hydrogen-bond acceptors (Lipinski definition) is 3. The van der Waals surface area contributed by atoms with Gasteiger partial charge >= 0.3 is 0 Å². The molecule has 0 radical (unpaired) electrons. The van der Waals surface area contributed by atoms with Gasteiger partial charge in [0.2, 0.25) is 5.91 Å². The molecule has 18 heavy (non-hydrogen) atoms. The zero-order chi connectivity index (χ0) is 13.6. The molecule has 0 aromatic rings. The SMILES string of the molecule is CC(C)COC[C@H](C)NC(=O)[C@]1(C)CCCCN1. The number of hydrogen-bond donors (Lipinski definition) is 2. The van der Waals surface area contributed by atoms with Crippen LogP contribution in [0.3, 0.4) is 0 Å². The molecule has 0 saturated carbocycles. The first-order chi connectivity index (χ1) is 8.44. The summed E-state index contributed by atoms with van der Waals surface area (Å²) in [6.07, 6.45) is 3.20. The first-order valence-corrected chi connectivity index (χ1v) is 7.08. The minimum atomic E-state index is -0.398. The minimum Gasteiger partial charge on any atom is -0.379 e. The van der Waals surface area contributed by atoms with Crippen molar-refractivity contribution in [2.24, 2.45) is 5.92 Å². The first-order valence-electron chi connectivity index (χ1n) is 7.08. The highest BCUT2D eigenvalue weighted by Gasteiger charge is 2.34. The van der Waals surface area contributed by atoms with E-state index in [0.717, 1.165) is 32.4 Å². The van der Waals surface area contributed by atoms with Gasteiger partial charge in [-0.3, -0.25) is 4.79 Å². The summed E-state index contributed by atoms with van der Waals surface area (Å²) in [5.74, 6) is 0.633. The monoisotopic (exact) mass is 256 g/mol. The summed E-state index contributed by atoms with van der Waals surface area (Å²) in [7, 11) is 0. The van der Waals surface area contributed by atoms with Crippen LogP contribution < -0.4 is 10.6 Å². The van der Waals surface area contributed by atoms with Crippen LogP contribution in [0, 0.1) is 5.92 Å². The number of piperidine rings is 1. The zero-order valence-electron chi connectivity index (χ0n) is 12.2. The average molecular weight is 256 g/mol. The molecule has 4 nitrogen and oxygen atoms in total. The predicted octanol–water partition coefficient (Wildman–Crippen LogP) is 1.70. The maximum absolute atomic E-state index is 12.2. The molecule has 4 heteroatoms. The third kappa shape index (κ3) is 4.94. The molecule has 1 heterocycles. The van der Waals surface area contributed by atoms with Gasteiger partial charge in [-0.25, -0.2) is 0 Å². The van der Waals surface area contributed by atoms with Crippen LogP contribution >= 0.6 is 0 Å². The van der Waals surface area contributed by atoms with Gasteiger partial charge in [0.25, 0.3) is 0 Å². The van der Waals surface area contributed by atoms with Crippen molar-refractivity contribution in [2.75, 3.05) is 19.8 Å². The van der Waals surface area contributed by atoms with Crippen LogP contribution in [0.5, 0.6) is 0 Å². The maximum Gasteiger partial charge on any atom is 0.240 e. The first kappa shape index (κ1) is 15.4. The van der Waals surface area contributed by atoms with Gasteiger partial charge in [-0.1, -0.05) is 13.8 Å². The largest absolute Gasteiger partial charge is 0.379 e. The van der Waals surface area contributed by atoms with Gasteiger partial charge in [0.05, 0.1) is 12.1 Å². The molecule has 0 aliphatic carbocycles. The molecule has 1 aliphatic heterocycles. The lowest BCUT2D eigenvalue weighted by molar-refractivity contribution is -0.129. The van der Waals surface area contributed by atoms with E-state index >= 15 is 0 Å². The number of nitrogens with one attached hydrogen (secondary N) is 2. The second-order valence-corrected chi connectivity index (χ2v) is 6.02. The summed E-state index contributed by atoms with van der Waals surface area (Å²) >= 11 is 0. The molecule has 0 bridgehead atoms. The zero-order valence-corrected chi connectivity index (χ0v) is 12.2. The normalized spacial score (nSPS) is 26.1. The summed E-state index contributed by atoms with van der Waals surface area (Å²) in [5.41, 5.74) is -0.398. The number of rotatable bonds is 6. The smallest absolute Gasteiger partial charge is 0.240 e. The fraction of sp³-hybridized carbons (Fsp3) is 0.929. The van der Waals surface area contributed by atoms with E-state index in [1.165, 1.54) is 0 Å². The van der Waals surface area contributed by atoms with E-state index in [1.54, 1.807) is 0 Å². The van der Waals surface area contributed by atoms with Crippen molar-refractivity contribution in [2.45, 2.75) is 58.5 Å². The molecule has 1 aliphatic rings. The number of carbonyl (C=O) groups is 1. The topological polar surface area (TPSA) is 50.4 Å². The van der Waals surface area contributed by atoms with E-state index < -0.39 is 5.54 Å². The van der Waals surface area contributed by atoms with Crippen LogP contribution in [0.15, 0.2) is 0 Å². The molecule has 1 amide bonds. The highest BCUT2D eigenvalue weighted by atomic mass is 16.5. The number of ether oxygens (including phenoxy) is 1. The van der Waals surface area contributed by atoms with Gasteiger partial charge in [0.15, 0.2) is 0 Å². The molecule has 2 N–H and O–H groups in total. The van der Waals surface area contributed by atoms with E-state index in [4.69, 9.17) is 4.74 Å². The molecule has 2 atom stereocenters. The second-order valence-electron chi connectivity index (χ2n) is 6.02. The predicted molar refractivity (Wildman–Crippen MR) is 73.5 cm³/mol. The lowest BCUT2D eigenvalue weighted by Gasteiger charge is -2.34. The summed E-state index contributed by atoms with van der Waals surface area (Å²) in [6.45, 7) is 10.5. The van der Waals surface area contributed by atoms with E-state index in [0.29, 0.717) is 12.5 Å². The van der Waals surface area contributed by atoms with Gasteiger partial charge in [0.1, 0.15) is 0 Å². The van der Waals surface area contributed by atoms with E-state index in [-0.39, 0.29) is 11.9 Å². The van der Waals surface area contributed by atoms with Crippen LogP contribution in [-0.4, -0.2) is 37.2 Å². The van der Waals surface area contributed by atoms with Crippen molar-refractivity contribution in [3.05, 3.63) is 0 Å². The highest BCUT2D eigenvalue weighted by Crippen LogP contribution is 2.18. The molecular formula is C14H28N2O2. The Morgan fingerprint density at radius 1 is 1.33 bits per heavy atom.